The molecule has 0 amide bonds. The van der Waals surface area contributed by atoms with E-state index < -0.39 is 23.8 Å². The molecule has 0 saturated heterocycles. The Morgan fingerprint density at radius 1 is 1.16 bits per heavy atom. The van der Waals surface area contributed by atoms with Crippen LogP contribution in [0.25, 0.3) is 22.3 Å². The van der Waals surface area contributed by atoms with Crippen molar-refractivity contribution in [3.63, 3.8) is 0 Å². The summed E-state index contributed by atoms with van der Waals surface area (Å²) < 4.78 is 57.4. The lowest BCUT2D eigenvalue weighted by atomic mass is 9.95. The van der Waals surface area contributed by atoms with E-state index in [0.717, 1.165) is 48.7 Å². The Labute approximate surface area is 220 Å². The summed E-state index contributed by atoms with van der Waals surface area (Å²) in [6, 6.07) is 6.97. The Morgan fingerprint density at radius 2 is 1.89 bits per heavy atom. The number of aromatic nitrogens is 2. The number of ketones is 1. The van der Waals surface area contributed by atoms with Gasteiger partial charge in [-0.15, -0.1) is 0 Å². The molecule has 38 heavy (non-hydrogen) atoms. The molecular weight excluding hydrogens is 492 g/mol. The molecule has 0 N–H and O–H groups in total. The topological polar surface area (TPSA) is 34.9 Å². The summed E-state index contributed by atoms with van der Waals surface area (Å²) in [4.78, 5) is 17.3. The van der Waals surface area contributed by atoms with Crippen LogP contribution in [-0.2, 0) is 6.42 Å². The van der Waals surface area contributed by atoms with E-state index in [9.17, 15) is 22.4 Å². The van der Waals surface area contributed by atoms with Crippen molar-refractivity contribution in [3.8, 4) is 23.2 Å². The Morgan fingerprint density at radius 3 is 2.47 bits per heavy atom. The van der Waals surface area contributed by atoms with Gasteiger partial charge in [0.25, 0.3) is 0 Å². The minimum atomic E-state index is -4.38. The van der Waals surface area contributed by atoms with Gasteiger partial charge >= 0.3 is 6.18 Å². The van der Waals surface area contributed by atoms with Crippen molar-refractivity contribution in [1.82, 2.24) is 9.55 Å². The van der Waals surface area contributed by atoms with Crippen molar-refractivity contribution in [1.29, 1.82) is 0 Å². The number of rotatable bonds is 7. The third-order valence-electron chi connectivity index (χ3n) is 8.11. The fraction of sp³-hybridized carbons (Fsp3) is 0.484. The number of benzene rings is 1. The number of alkyl halides is 3. The van der Waals surface area contributed by atoms with E-state index in [-0.39, 0.29) is 30.3 Å². The number of fused-ring (bicyclic) bond motifs is 1. The molecular formula is C31H32F4N2O. The number of carbonyl (C=O) groups excluding carboxylic acids is 1. The number of pyridine rings is 1. The molecule has 200 valence electrons. The summed E-state index contributed by atoms with van der Waals surface area (Å²) in [5.41, 5.74) is 1.93. The van der Waals surface area contributed by atoms with Gasteiger partial charge in [-0.05, 0) is 68.4 Å². The Bertz CT molecular complexity index is 1410. The van der Waals surface area contributed by atoms with Gasteiger partial charge in [-0.3, -0.25) is 9.78 Å². The predicted octanol–water partition coefficient (Wildman–Crippen LogP) is 8.59. The molecule has 0 bridgehead atoms. The van der Waals surface area contributed by atoms with Crippen LogP contribution in [-0.4, -0.2) is 21.5 Å². The van der Waals surface area contributed by atoms with Gasteiger partial charge < -0.3 is 4.57 Å². The normalized spacial score (nSPS) is 17.0. The zero-order valence-corrected chi connectivity index (χ0v) is 21.8. The fourth-order valence-corrected chi connectivity index (χ4v) is 5.66. The van der Waals surface area contributed by atoms with Crippen LogP contribution in [0.15, 0.2) is 30.5 Å². The number of nitrogens with zero attached hydrogens (tertiary/aromatic N) is 2. The standard InChI is InChI=1S/C31H32F4N2O/c1-3-5-6-11-23-24-17-25(32)20(4-2)16-27(24)37(22-9-7-8-10-22)29(23)26-13-12-21(19-36-26)28(38)18-30(14-15-30)31(33,34)35/h12-13,16-17,19,22H,3-5,7-10,14-15,18H2,1-2H3. The van der Waals surface area contributed by atoms with Crippen LogP contribution in [0.1, 0.15) is 99.2 Å². The highest BCUT2D eigenvalue weighted by atomic mass is 19.4. The second kappa shape index (κ2) is 10.2. The maximum absolute atomic E-state index is 15.0. The van der Waals surface area contributed by atoms with Gasteiger partial charge in [0.2, 0.25) is 0 Å². The van der Waals surface area contributed by atoms with Gasteiger partial charge in [-0.1, -0.05) is 38.5 Å². The Balaban J connectivity index is 1.62. The first-order chi connectivity index (χ1) is 18.2. The SMILES string of the molecule is CCCC#Cc1c(-c2ccc(C(=O)CC3(C(F)(F)F)CC3)cn2)n(C2CCCC2)c2cc(CC)c(F)cc12. The minimum absolute atomic E-state index is 0.00859. The minimum Gasteiger partial charge on any atom is -0.335 e. The van der Waals surface area contributed by atoms with Gasteiger partial charge in [0, 0.05) is 36.0 Å². The third kappa shape index (κ3) is 4.74. The van der Waals surface area contributed by atoms with Crippen molar-refractivity contribution < 1.29 is 22.4 Å². The maximum atomic E-state index is 15.0. The van der Waals surface area contributed by atoms with Crippen LogP contribution in [0.4, 0.5) is 17.6 Å². The molecule has 7 heteroatoms. The molecule has 0 radical (unpaired) electrons. The van der Waals surface area contributed by atoms with Gasteiger partial charge in [0.05, 0.1) is 27.9 Å². The van der Waals surface area contributed by atoms with Crippen molar-refractivity contribution in [2.24, 2.45) is 5.41 Å². The van der Waals surface area contributed by atoms with Crippen molar-refractivity contribution in [2.75, 3.05) is 0 Å². The van der Waals surface area contributed by atoms with E-state index in [1.807, 2.05) is 19.9 Å². The van der Waals surface area contributed by atoms with Crippen LogP contribution in [0.5, 0.6) is 0 Å². The van der Waals surface area contributed by atoms with Crippen LogP contribution >= 0.6 is 0 Å². The lowest BCUT2D eigenvalue weighted by Gasteiger charge is -2.19. The zero-order chi connectivity index (χ0) is 27.1. The molecule has 5 rings (SSSR count). The summed E-state index contributed by atoms with van der Waals surface area (Å²) in [6.07, 6.45) is 2.79. The highest BCUT2D eigenvalue weighted by molar-refractivity contribution is 5.98. The highest BCUT2D eigenvalue weighted by Gasteiger charge is 2.63. The van der Waals surface area contributed by atoms with E-state index in [4.69, 9.17) is 0 Å². The summed E-state index contributed by atoms with van der Waals surface area (Å²) in [5.74, 6) is 5.68. The molecule has 2 fully saturated rings. The lowest BCUT2D eigenvalue weighted by molar-refractivity contribution is -0.185. The molecule has 0 unspecified atom stereocenters. The van der Waals surface area contributed by atoms with Gasteiger partial charge in [-0.25, -0.2) is 4.39 Å². The Hall–Kier alpha value is -3.14. The largest absolute Gasteiger partial charge is 0.394 e. The maximum Gasteiger partial charge on any atom is 0.394 e. The molecule has 2 aromatic heterocycles. The quantitative estimate of drug-likeness (QED) is 0.176. The third-order valence-corrected chi connectivity index (χ3v) is 8.11. The predicted molar refractivity (Wildman–Crippen MR) is 140 cm³/mol. The highest BCUT2D eigenvalue weighted by Crippen LogP contribution is 2.60. The van der Waals surface area contributed by atoms with Crippen LogP contribution in [0, 0.1) is 23.1 Å². The van der Waals surface area contributed by atoms with Gasteiger partial charge in [0.15, 0.2) is 5.78 Å². The van der Waals surface area contributed by atoms with Gasteiger partial charge in [0.1, 0.15) is 5.82 Å². The molecule has 2 aliphatic rings. The molecule has 2 heterocycles. The first-order valence-electron chi connectivity index (χ1n) is 13.6. The second-order valence-electron chi connectivity index (χ2n) is 10.7. The fourth-order valence-electron chi connectivity index (χ4n) is 5.66. The molecule has 0 atom stereocenters. The summed E-state index contributed by atoms with van der Waals surface area (Å²) >= 11 is 0. The number of carbonyl (C=O) groups is 1. The van der Waals surface area contributed by atoms with E-state index in [0.29, 0.717) is 29.7 Å². The average molecular weight is 525 g/mol. The van der Waals surface area contributed by atoms with E-state index in [2.05, 4.69) is 21.4 Å². The van der Waals surface area contributed by atoms with E-state index >= 15 is 0 Å². The second-order valence-corrected chi connectivity index (χ2v) is 10.7. The Kier molecular flexibility index (Phi) is 7.11. The molecule has 0 spiro atoms. The number of Topliss-reactive ketones (excluding diaryl/α,β-unsaturated/α-hetero) is 1. The average Bonchev–Trinajstić information content (AvgIpc) is 3.37. The smallest absolute Gasteiger partial charge is 0.335 e. The number of hydrogen-bond acceptors (Lipinski definition) is 2. The van der Waals surface area contributed by atoms with E-state index in [1.54, 1.807) is 18.2 Å². The number of aryl methyl sites for hydroxylation is 1. The first-order valence-corrected chi connectivity index (χ1v) is 13.6. The number of hydrogen-bond donors (Lipinski definition) is 0. The van der Waals surface area contributed by atoms with Crippen molar-refractivity contribution in [2.45, 2.75) is 90.3 Å². The zero-order valence-electron chi connectivity index (χ0n) is 21.8. The summed E-state index contributed by atoms with van der Waals surface area (Å²) in [5, 5.41) is 0.744. The van der Waals surface area contributed by atoms with Crippen LogP contribution in [0.3, 0.4) is 0 Å². The van der Waals surface area contributed by atoms with E-state index in [1.165, 1.54) is 6.20 Å². The number of unbranched alkanes of at least 4 members (excludes halogenated alkanes) is 1. The summed E-state index contributed by atoms with van der Waals surface area (Å²) in [6.45, 7) is 3.98. The van der Waals surface area contributed by atoms with Crippen molar-refractivity contribution in [3.05, 3.63) is 53.0 Å². The summed E-state index contributed by atoms with van der Waals surface area (Å²) in [7, 11) is 0. The van der Waals surface area contributed by atoms with Crippen molar-refractivity contribution >= 4 is 16.7 Å². The molecule has 1 aromatic carbocycles. The number of halogens is 4. The molecule has 3 nitrogen and oxygen atoms in total. The molecule has 0 aliphatic heterocycles. The molecule has 2 saturated carbocycles. The van der Waals surface area contributed by atoms with Crippen LogP contribution in [0.2, 0.25) is 0 Å². The van der Waals surface area contributed by atoms with Gasteiger partial charge in [-0.2, -0.15) is 13.2 Å². The van der Waals surface area contributed by atoms with Crippen LogP contribution < -0.4 is 0 Å². The molecule has 3 aromatic rings. The molecule has 2 aliphatic carbocycles. The lowest BCUT2D eigenvalue weighted by Crippen LogP contribution is -2.27. The monoisotopic (exact) mass is 524 g/mol. The first kappa shape index (κ1) is 26.5.